The summed E-state index contributed by atoms with van der Waals surface area (Å²) in [5.74, 6) is 1.12. The molecule has 0 N–H and O–H groups in total. The van der Waals surface area contributed by atoms with Crippen LogP contribution in [-0.4, -0.2) is 0 Å². The minimum atomic E-state index is -3.92. The zero-order valence-electron chi connectivity index (χ0n) is 13.6. The fourth-order valence-electron chi connectivity index (χ4n) is 1.55. The van der Waals surface area contributed by atoms with Gasteiger partial charge in [-0.3, -0.25) is 0 Å². The molecule has 0 aliphatic carbocycles. The Labute approximate surface area is 137 Å². The van der Waals surface area contributed by atoms with Gasteiger partial charge < -0.3 is 13.6 Å². The first-order valence-electron chi connectivity index (χ1n) is 7.27. The van der Waals surface area contributed by atoms with Crippen molar-refractivity contribution >= 4 is 7.82 Å². The third-order valence-corrected chi connectivity index (χ3v) is 4.29. The molecular formula is C18H21O4P. The summed E-state index contributed by atoms with van der Waals surface area (Å²) < 4.78 is 29.7. The zero-order valence-corrected chi connectivity index (χ0v) is 14.5. The fraction of sp³-hybridized carbons (Fsp3) is 0.222. The number of hydrogen-bond donors (Lipinski definition) is 0. The topological polar surface area (TPSA) is 44.8 Å². The molecule has 4 nitrogen and oxygen atoms in total. The molecule has 122 valence electrons. The molecular weight excluding hydrogens is 311 g/mol. The monoisotopic (exact) mass is 332 g/mol. The Hall–Kier alpha value is -2.19. The average Bonchev–Trinajstić information content (AvgIpc) is 2.47. The predicted octanol–water partition coefficient (Wildman–Crippen LogP) is 5.83. The maximum Gasteiger partial charge on any atom is 0.646 e. The Morgan fingerprint density at radius 3 is 1.61 bits per heavy atom. The third-order valence-electron chi connectivity index (χ3n) is 2.98. The van der Waals surface area contributed by atoms with E-state index in [1.54, 1.807) is 48.5 Å². The van der Waals surface area contributed by atoms with Gasteiger partial charge in [-0.05, 0) is 24.3 Å². The maximum atomic E-state index is 13.1. The molecule has 0 radical (unpaired) electrons. The lowest BCUT2D eigenvalue weighted by Gasteiger charge is -2.26. The summed E-state index contributed by atoms with van der Waals surface area (Å²) in [6.45, 7) is 9.56. The lowest BCUT2D eigenvalue weighted by Crippen LogP contribution is -2.14. The van der Waals surface area contributed by atoms with Crippen molar-refractivity contribution in [2.45, 2.75) is 20.8 Å². The minimum Gasteiger partial charge on any atom is -0.391 e. The Bertz CT molecular complexity index is 644. The van der Waals surface area contributed by atoms with Crippen molar-refractivity contribution in [1.29, 1.82) is 0 Å². The van der Waals surface area contributed by atoms with Gasteiger partial charge in [-0.15, -0.1) is 0 Å². The standard InChI is InChI=1S/C18H21O4P/c1-15(18(2,3)4)20-23(19,21-16-11-7-5-8-12-16)22-17-13-9-6-10-14-17/h5-14H,1H2,2-4H3. The highest BCUT2D eigenvalue weighted by molar-refractivity contribution is 7.49. The number of hydrogen-bond acceptors (Lipinski definition) is 4. The quantitative estimate of drug-likeness (QED) is 0.493. The molecule has 23 heavy (non-hydrogen) atoms. The molecule has 0 saturated carbocycles. The van der Waals surface area contributed by atoms with E-state index in [0.717, 1.165) is 0 Å². The second-order valence-corrected chi connectivity index (χ2v) is 7.46. The molecule has 0 aliphatic heterocycles. The summed E-state index contributed by atoms with van der Waals surface area (Å²) in [6.07, 6.45) is 0. The Balaban J connectivity index is 2.26. The summed E-state index contributed by atoms with van der Waals surface area (Å²) in [7, 11) is -3.92. The van der Waals surface area contributed by atoms with Gasteiger partial charge >= 0.3 is 7.82 Å². The third kappa shape index (κ3) is 5.19. The second kappa shape index (κ2) is 6.93. The molecule has 0 amide bonds. The smallest absolute Gasteiger partial charge is 0.391 e. The van der Waals surface area contributed by atoms with Crippen LogP contribution in [0.25, 0.3) is 0 Å². The lowest BCUT2D eigenvalue weighted by atomic mass is 9.95. The van der Waals surface area contributed by atoms with Gasteiger partial charge in [0.15, 0.2) is 0 Å². The van der Waals surface area contributed by atoms with Gasteiger partial charge in [0.25, 0.3) is 0 Å². The van der Waals surface area contributed by atoms with Crippen molar-refractivity contribution in [1.82, 2.24) is 0 Å². The molecule has 0 saturated heterocycles. The molecule has 0 spiro atoms. The van der Waals surface area contributed by atoms with Crippen LogP contribution in [0.3, 0.4) is 0 Å². The molecule has 5 heteroatoms. The molecule has 0 aromatic heterocycles. The summed E-state index contributed by atoms with van der Waals surface area (Å²) in [4.78, 5) is 0. The van der Waals surface area contributed by atoms with Crippen molar-refractivity contribution < 1.29 is 18.1 Å². The summed E-state index contributed by atoms with van der Waals surface area (Å²) in [6, 6.07) is 17.5. The Morgan fingerprint density at radius 2 is 1.26 bits per heavy atom. The molecule has 2 aromatic carbocycles. The highest BCUT2D eigenvalue weighted by Crippen LogP contribution is 2.53. The van der Waals surface area contributed by atoms with Crippen LogP contribution in [0.5, 0.6) is 11.5 Å². The van der Waals surface area contributed by atoms with E-state index in [9.17, 15) is 4.57 Å². The van der Waals surface area contributed by atoms with Crippen LogP contribution in [-0.2, 0) is 9.09 Å². The van der Waals surface area contributed by atoms with E-state index >= 15 is 0 Å². The first kappa shape index (κ1) is 17.2. The van der Waals surface area contributed by atoms with Crippen LogP contribution in [0, 0.1) is 5.41 Å². The molecule has 0 unspecified atom stereocenters. The minimum absolute atomic E-state index is 0.327. The summed E-state index contributed by atoms with van der Waals surface area (Å²) in [5.41, 5.74) is -0.393. The van der Waals surface area contributed by atoms with E-state index in [1.807, 2.05) is 32.9 Å². The molecule has 0 aliphatic rings. The van der Waals surface area contributed by atoms with Crippen LogP contribution in [0.15, 0.2) is 73.0 Å². The molecule has 0 atom stereocenters. The molecule has 0 bridgehead atoms. The van der Waals surface area contributed by atoms with Gasteiger partial charge in [-0.1, -0.05) is 63.7 Å². The van der Waals surface area contributed by atoms with Crippen LogP contribution < -0.4 is 9.05 Å². The first-order chi connectivity index (χ1) is 10.8. The predicted molar refractivity (Wildman–Crippen MR) is 91.4 cm³/mol. The SMILES string of the molecule is C=C(OP(=O)(Oc1ccccc1)Oc1ccccc1)C(C)(C)C. The second-order valence-electron chi connectivity index (χ2n) is 6.02. The van der Waals surface area contributed by atoms with Crippen LogP contribution >= 0.6 is 7.82 Å². The lowest BCUT2D eigenvalue weighted by molar-refractivity contribution is 0.214. The number of para-hydroxylation sites is 2. The number of benzene rings is 2. The van der Waals surface area contributed by atoms with Crippen molar-refractivity contribution in [2.75, 3.05) is 0 Å². The maximum absolute atomic E-state index is 13.1. The van der Waals surface area contributed by atoms with Gasteiger partial charge in [0.05, 0.1) is 0 Å². The van der Waals surface area contributed by atoms with Gasteiger partial charge in [0.2, 0.25) is 0 Å². The number of allylic oxidation sites excluding steroid dienone is 1. The van der Waals surface area contributed by atoms with E-state index in [4.69, 9.17) is 13.6 Å². The van der Waals surface area contributed by atoms with Crippen LogP contribution in [0.2, 0.25) is 0 Å². The van der Waals surface area contributed by atoms with E-state index < -0.39 is 13.2 Å². The number of phosphoric ester groups is 1. The zero-order chi connectivity index (χ0) is 16.9. The van der Waals surface area contributed by atoms with E-state index in [0.29, 0.717) is 17.3 Å². The van der Waals surface area contributed by atoms with Crippen molar-refractivity contribution in [3.63, 3.8) is 0 Å². The van der Waals surface area contributed by atoms with Crippen LogP contribution in [0.4, 0.5) is 0 Å². The largest absolute Gasteiger partial charge is 0.646 e. The highest BCUT2D eigenvalue weighted by Gasteiger charge is 2.36. The van der Waals surface area contributed by atoms with Crippen molar-refractivity contribution in [3.8, 4) is 11.5 Å². The molecule has 2 rings (SSSR count). The van der Waals surface area contributed by atoms with Gasteiger partial charge in [0.1, 0.15) is 17.3 Å². The number of phosphoric acid groups is 1. The fourth-order valence-corrected chi connectivity index (χ4v) is 2.96. The molecule has 0 heterocycles. The highest BCUT2D eigenvalue weighted by atomic mass is 31.2. The van der Waals surface area contributed by atoms with E-state index in [1.165, 1.54) is 0 Å². The normalized spacial score (nSPS) is 11.6. The number of rotatable bonds is 6. The Kier molecular flexibility index (Phi) is 5.17. The van der Waals surface area contributed by atoms with Gasteiger partial charge in [-0.2, -0.15) is 4.57 Å². The van der Waals surface area contributed by atoms with Crippen molar-refractivity contribution in [2.24, 2.45) is 5.41 Å². The van der Waals surface area contributed by atoms with Gasteiger partial charge in [-0.25, -0.2) is 0 Å². The first-order valence-corrected chi connectivity index (χ1v) is 8.73. The van der Waals surface area contributed by atoms with E-state index in [2.05, 4.69) is 6.58 Å². The Morgan fingerprint density at radius 1 is 0.870 bits per heavy atom. The van der Waals surface area contributed by atoms with E-state index in [-0.39, 0.29) is 0 Å². The average molecular weight is 332 g/mol. The molecule has 0 fully saturated rings. The van der Waals surface area contributed by atoms with Crippen molar-refractivity contribution in [3.05, 3.63) is 73.0 Å². The summed E-state index contributed by atoms with van der Waals surface area (Å²) in [5, 5.41) is 0. The summed E-state index contributed by atoms with van der Waals surface area (Å²) >= 11 is 0. The van der Waals surface area contributed by atoms with Crippen LogP contribution in [0.1, 0.15) is 20.8 Å². The molecule has 2 aromatic rings. The van der Waals surface area contributed by atoms with Gasteiger partial charge in [0, 0.05) is 5.41 Å².